The van der Waals surface area contributed by atoms with E-state index in [-0.39, 0.29) is 101 Å². The van der Waals surface area contributed by atoms with Crippen LogP contribution in [0.5, 0.6) is 11.5 Å². The number of nitriles is 2. The number of ether oxygens (including phenoxy) is 2. The van der Waals surface area contributed by atoms with Gasteiger partial charge in [0.1, 0.15) is 49.7 Å². The van der Waals surface area contributed by atoms with Gasteiger partial charge in [-0.15, -0.1) is 20.5 Å². The number of pyridine rings is 1. The van der Waals surface area contributed by atoms with Crippen molar-refractivity contribution < 1.29 is 65.7 Å². The van der Waals surface area contributed by atoms with Crippen molar-refractivity contribution in [2.45, 2.75) is 29.6 Å². The molecule has 2 heterocycles. The fraction of sp³-hybridized carbons (Fsp3) is 0.114. The van der Waals surface area contributed by atoms with Gasteiger partial charge in [-0.25, -0.2) is 18.8 Å². The molecule has 1 amide bonds. The smallest absolute Gasteiger partial charge is 0.335 e. The lowest BCUT2D eigenvalue weighted by Crippen LogP contribution is -2.13. The summed E-state index contributed by atoms with van der Waals surface area (Å²) >= 11 is -1.81. The molecule has 2 aromatic heterocycles. The van der Waals surface area contributed by atoms with Crippen LogP contribution in [0.1, 0.15) is 50.2 Å². The number of aliphatic carboxylic acids is 1. The van der Waals surface area contributed by atoms with E-state index in [0.29, 0.717) is 0 Å². The van der Waals surface area contributed by atoms with Crippen molar-refractivity contribution in [3.8, 4) is 34.8 Å². The number of thiophene rings is 1. The number of benzene rings is 4. The lowest BCUT2D eigenvalue weighted by atomic mass is 10.0. The molecule has 0 radical (unpaired) electrons. The normalized spacial score (nSPS) is 11.6. The minimum absolute atomic E-state index is 0.0220. The maximum atomic E-state index is 12.6. The number of hydrogen-bond acceptors (Lipinski definition) is 19. The highest BCUT2D eigenvalue weighted by Gasteiger charge is 2.25. The van der Waals surface area contributed by atoms with Crippen molar-refractivity contribution in [1.82, 2.24) is 4.98 Å². The van der Waals surface area contributed by atoms with Gasteiger partial charge in [0.25, 0.3) is 10.1 Å². The summed E-state index contributed by atoms with van der Waals surface area (Å²) in [7, 11) is -2.33. The number of aromatic carboxylic acids is 2. The van der Waals surface area contributed by atoms with Crippen molar-refractivity contribution in [2.24, 2.45) is 20.5 Å². The Hall–Kier alpha value is -8.99. The average molecular weight is 1020 g/mol. The Kier molecular flexibility index (Phi) is 15.9. The molecule has 0 aliphatic heterocycles. The van der Waals surface area contributed by atoms with Gasteiger partial charge >= 0.3 is 17.9 Å². The number of carboxylic acids is 3. The van der Waals surface area contributed by atoms with Crippen molar-refractivity contribution in [3.05, 3.63) is 107 Å². The molecule has 6 aromatic rings. The number of methoxy groups -OCH3 is 2. The summed E-state index contributed by atoms with van der Waals surface area (Å²) in [5.74, 6) is -5.21. The van der Waals surface area contributed by atoms with Gasteiger partial charge in [-0.3, -0.25) is 14.1 Å². The molecule has 0 spiro atoms. The fourth-order valence-electron chi connectivity index (χ4n) is 6.48. The molecule has 24 nitrogen and oxygen atoms in total. The molecule has 0 fully saturated rings. The van der Waals surface area contributed by atoms with E-state index in [1.165, 1.54) is 75.7 Å². The molecule has 0 saturated carbocycles. The molecule has 8 N–H and O–H groups in total. The summed E-state index contributed by atoms with van der Waals surface area (Å²) in [4.78, 5) is 51.2. The van der Waals surface area contributed by atoms with Gasteiger partial charge in [-0.05, 0) is 79.2 Å². The number of amides is 1. The van der Waals surface area contributed by atoms with Crippen LogP contribution >= 0.6 is 11.3 Å². The number of nitrogens with zero attached hydrogens (tertiary/aromatic N) is 7. The Labute approximate surface area is 407 Å². The molecule has 1 atom stereocenters. The highest BCUT2D eigenvalue weighted by molar-refractivity contribution is 7.86. The van der Waals surface area contributed by atoms with Crippen LogP contribution < -0.4 is 25.4 Å². The van der Waals surface area contributed by atoms with E-state index in [1.807, 2.05) is 6.07 Å². The first kappa shape index (κ1) is 51.4. The largest absolute Gasteiger partial charge is 0.495 e. The van der Waals surface area contributed by atoms with Gasteiger partial charge in [0.2, 0.25) is 5.91 Å². The van der Waals surface area contributed by atoms with E-state index >= 15 is 0 Å². The zero-order valence-corrected chi connectivity index (χ0v) is 39.1. The van der Waals surface area contributed by atoms with E-state index < -0.39 is 67.5 Å². The zero-order valence-electron chi connectivity index (χ0n) is 36.7. The molecule has 362 valence electrons. The van der Waals surface area contributed by atoms with Crippen LogP contribution in [-0.4, -0.2) is 80.1 Å². The van der Waals surface area contributed by atoms with Crippen LogP contribution in [0.3, 0.4) is 0 Å². The highest BCUT2D eigenvalue weighted by atomic mass is 32.2. The van der Waals surface area contributed by atoms with Gasteiger partial charge < -0.3 is 45.3 Å². The summed E-state index contributed by atoms with van der Waals surface area (Å²) in [6.07, 6.45) is -0.807. The van der Waals surface area contributed by atoms with Crippen LogP contribution in [0.2, 0.25) is 0 Å². The minimum Gasteiger partial charge on any atom is -0.495 e. The molecule has 1 unspecified atom stereocenters. The van der Waals surface area contributed by atoms with Gasteiger partial charge in [0.15, 0.2) is 27.7 Å². The van der Waals surface area contributed by atoms with Gasteiger partial charge in [0.05, 0.1) is 43.0 Å². The first-order valence-electron chi connectivity index (χ1n) is 19.8. The van der Waals surface area contributed by atoms with E-state index in [4.69, 9.17) is 14.6 Å². The molecule has 4 aromatic carbocycles. The molecule has 0 bridgehead atoms. The van der Waals surface area contributed by atoms with Gasteiger partial charge in [-0.1, -0.05) is 23.5 Å². The highest BCUT2D eigenvalue weighted by Crippen LogP contribution is 2.49. The molecule has 0 aliphatic carbocycles. The molecule has 0 saturated heterocycles. The summed E-state index contributed by atoms with van der Waals surface area (Å²) in [6, 6.07) is 20.9. The second-order valence-corrected chi connectivity index (χ2v) is 17.7. The van der Waals surface area contributed by atoms with Crippen molar-refractivity contribution in [3.63, 3.8) is 0 Å². The third kappa shape index (κ3) is 12.2. The van der Waals surface area contributed by atoms with Crippen LogP contribution in [0, 0.1) is 29.6 Å². The van der Waals surface area contributed by atoms with Crippen molar-refractivity contribution in [1.29, 1.82) is 10.5 Å². The second-order valence-electron chi connectivity index (χ2n) is 14.4. The number of carbonyl (C=O) groups is 4. The Morgan fingerprint density at radius 3 is 1.97 bits per heavy atom. The van der Waals surface area contributed by atoms with E-state index in [1.54, 1.807) is 0 Å². The first-order valence-corrected chi connectivity index (χ1v) is 23.2. The SMILES string of the molecule is COc1ccc(Nc2nc(Nc3ccc(OC)c(S(=O)(=O)O)c3)c(C#N)c(C)c2N=Nc2sc(N=Nc3cc(C(=O)O)cc(C(=O)O)c3)c(-c3cccc(NC(=O)CCC(=O)O)c3)c2C#N)cc1S(=O)O. The number of azo groups is 2. The number of anilines is 5. The predicted octanol–water partition coefficient (Wildman–Crippen LogP) is 9.22. The van der Waals surface area contributed by atoms with Crippen molar-refractivity contribution >= 4 is 106 Å². The average Bonchev–Trinajstić information content (AvgIpc) is 3.69. The third-order valence-electron chi connectivity index (χ3n) is 9.74. The number of aromatic nitrogens is 1. The quantitative estimate of drug-likeness (QED) is 0.0213. The molecule has 6 rings (SSSR count). The van der Waals surface area contributed by atoms with Gasteiger partial charge in [-0.2, -0.15) is 18.9 Å². The number of carboxylic acid groups (broad SMARTS) is 3. The van der Waals surface area contributed by atoms with E-state index in [9.17, 15) is 61.6 Å². The number of nitrogens with one attached hydrogen (secondary N) is 3. The Morgan fingerprint density at radius 1 is 0.761 bits per heavy atom. The predicted molar refractivity (Wildman–Crippen MR) is 254 cm³/mol. The lowest BCUT2D eigenvalue weighted by molar-refractivity contribution is -0.138. The monoisotopic (exact) mass is 1020 g/mol. The summed E-state index contributed by atoms with van der Waals surface area (Å²) in [6.45, 7) is 1.46. The third-order valence-corrected chi connectivity index (χ3v) is 12.3. The topological polar surface area (TPSA) is 385 Å². The van der Waals surface area contributed by atoms with E-state index in [0.717, 1.165) is 35.6 Å². The van der Waals surface area contributed by atoms with Gasteiger partial charge in [0, 0.05) is 34.6 Å². The van der Waals surface area contributed by atoms with Crippen LogP contribution in [-0.2, 0) is 30.8 Å². The summed E-state index contributed by atoms with van der Waals surface area (Å²) in [5, 5.41) is 74.9. The molecular weight excluding hydrogens is 989 g/mol. The fourth-order valence-corrected chi connectivity index (χ4v) is 8.63. The van der Waals surface area contributed by atoms with Crippen LogP contribution in [0.25, 0.3) is 11.1 Å². The second kappa shape index (κ2) is 22.0. The number of rotatable bonds is 19. The number of carbonyl (C=O) groups excluding carboxylic acids is 1. The van der Waals surface area contributed by atoms with Crippen LogP contribution in [0.4, 0.5) is 50.1 Å². The van der Waals surface area contributed by atoms with Crippen LogP contribution in [0.15, 0.2) is 109 Å². The molecule has 0 aliphatic rings. The maximum Gasteiger partial charge on any atom is 0.335 e. The molecular formula is C44H34N10O14S3. The maximum absolute atomic E-state index is 12.6. The number of hydrogen-bond donors (Lipinski definition) is 8. The van der Waals surface area contributed by atoms with E-state index in [2.05, 4.69) is 47.5 Å². The molecule has 27 heteroatoms. The minimum atomic E-state index is -4.81. The Bertz CT molecular complexity index is 3420. The summed E-state index contributed by atoms with van der Waals surface area (Å²) < 4.78 is 66.9. The van der Waals surface area contributed by atoms with Crippen molar-refractivity contribution in [2.75, 3.05) is 30.2 Å². The Morgan fingerprint density at radius 2 is 1.38 bits per heavy atom. The first-order chi connectivity index (χ1) is 33.7. The standard InChI is InChI=1S/C44H34N10O14S3/c1-21-29(19-45)39(48-27-8-10-32(68-3)34(18-27)71(64,65)66)50-40(49-26-7-9-31(67-2)33(17-26)70(62)63)38(21)52-53-41-30(20-46)37(22-5-4-6-25(14-22)47-35(55)11-12-36(56)57)42(69-41)54-51-28-15-23(43(58)59)13-24(16-28)44(60)61/h4-10,13-18H,11-12H2,1-3H3,(H,47,55)(H,56,57)(H,58,59)(H,60,61)(H,62,63)(H2,48,49,50)(H,64,65,66). The zero-order chi connectivity index (χ0) is 51.7. The Balaban J connectivity index is 1.55. The molecule has 71 heavy (non-hydrogen) atoms. The lowest BCUT2D eigenvalue weighted by Gasteiger charge is -2.17. The summed E-state index contributed by atoms with van der Waals surface area (Å²) in [5.41, 5.74) is -0.767.